The number of hydrogen-bond acceptors (Lipinski definition) is 6. The molecule has 3 rings (SSSR count). The van der Waals surface area contributed by atoms with Gasteiger partial charge in [0.15, 0.2) is 5.82 Å². The Morgan fingerprint density at radius 3 is 2.75 bits per heavy atom. The molecule has 0 bridgehead atoms. The molecule has 2 N–H and O–H groups in total. The number of halogens is 1. The van der Waals surface area contributed by atoms with Crippen LogP contribution < -0.4 is 5.73 Å². The first-order valence-electron chi connectivity index (χ1n) is 5.88. The van der Waals surface area contributed by atoms with E-state index in [4.69, 9.17) is 21.8 Å². The maximum Gasteiger partial charge on any atom is 0.249 e. The molecule has 0 fully saturated rings. The molecule has 2 aromatic heterocycles. The second-order valence-corrected chi connectivity index (χ2v) is 4.61. The maximum absolute atomic E-state index is 6.08. The second kappa shape index (κ2) is 4.93. The molecular weight excluding hydrogens is 280 g/mol. The van der Waals surface area contributed by atoms with Crippen LogP contribution in [0.25, 0.3) is 11.5 Å². The highest BCUT2D eigenvalue weighted by Gasteiger charge is 2.13. The van der Waals surface area contributed by atoms with Crippen LogP contribution in [0.2, 0.25) is 5.02 Å². The highest BCUT2D eigenvalue weighted by Crippen LogP contribution is 2.26. The molecule has 0 aliphatic heterocycles. The number of nitrogens with two attached hydrogens (primary N) is 1. The zero-order chi connectivity index (χ0) is 14.1. The molecule has 0 aliphatic carbocycles. The van der Waals surface area contributed by atoms with Crippen molar-refractivity contribution in [2.75, 3.05) is 5.73 Å². The highest BCUT2D eigenvalue weighted by atomic mass is 35.5. The largest absolute Gasteiger partial charge is 0.419 e. The number of aromatic nitrogens is 5. The molecule has 3 aromatic rings. The molecule has 1 aromatic carbocycles. The average molecular weight is 291 g/mol. The fourth-order valence-electron chi connectivity index (χ4n) is 1.71. The third-order valence-corrected chi connectivity index (χ3v) is 3.20. The Hall–Kier alpha value is -2.41. The first-order valence-corrected chi connectivity index (χ1v) is 6.26. The van der Waals surface area contributed by atoms with E-state index in [-0.39, 0.29) is 0 Å². The summed E-state index contributed by atoms with van der Waals surface area (Å²) >= 11 is 6.08. The van der Waals surface area contributed by atoms with Crippen molar-refractivity contribution in [3.8, 4) is 11.5 Å². The van der Waals surface area contributed by atoms with Crippen LogP contribution in [0.4, 0.5) is 5.82 Å². The summed E-state index contributed by atoms with van der Waals surface area (Å²) in [5.74, 6) is 1.17. The monoisotopic (exact) mass is 290 g/mol. The Morgan fingerprint density at radius 2 is 2.05 bits per heavy atom. The summed E-state index contributed by atoms with van der Waals surface area (Å²) in [5, 5.41) is 16.2. The van der Waals surface area contributed by atoms with Crippen molar-refractivity contribution in [2.24, 2.45) is 0 Å². The van der Waals surface area contributed by atoms with Crippen molar-refractivity contribution < 1.29 is 4.42 Å². The van der Waals surface area contributed by atoms with Gasteiger partial charge < -0.3 is 10.2 Å². The smallest absolute Gasteiger partial charge is 0.249 e. The normalized spacial score (nSPS) is 10.9. The van der Waals surface area contributed by atoms with Crippen LogP contribution in [0.3, 0.4) is 0 Å². The number of nitrogens with zero attached hydrogens (tertiary/aromatic N) is 5. The van der Waals surface area contributed by atoms with Crippen LogP contribution in [-0.2, 0) is 6.54 Å². The van der Waals surface area contributed by atoms with Gasteiger partial charge in [-0.25, -0.2) is 4.68 Å². The average Bonchev–Trinajstić information content (AvgIpc) is 3.02. The molecule has 0 atom stereocenters. The Morgan fingerprint density at radius 1 is 1.25 bits per heavy atom. The molecule has 102 valence electrons. The van der Waals surface area contributed by atoms with Gasteiger partial charge in [-0.1, -0.05) is 28.9 Å². The highest BCUT2D eigenvalue weighted by molar-refractivity contribution is 6.33. The van der Waals surface area contributed by atoms with E-state index < -0.39 is 0 Å². The van der Waals surface area contributed by atoms with E-state index in [1.54, 1.807) is 10.7 Å². The molecule has 8 heteroatoms. The number of hydrogen-bond donors (Lipinski definition) is 1. The summed E-state index contributed by atoms with van der Waals surface area (Å²) in [6, 6.07) is 7.28. The summed E-state index contributed by atoms with van der Waals surface area (Å²) in [7, 11) is 0. The van der Waals surface area contributed by atoms with Gasteiger partial charge in [0, 0.05) is 0 Å². The Labute approximate surface area is 119 Å². The van der Waals surface area contributed by atoms with Gasteiger partial charge in [-0.05, 0) is 19.1 Å². The van der Waals surface area contributed by atoms with Crippen molar-refractivity contribution >= 4 is 17.4 Å². The van der Waals surface area contributed by atoms with E-state index in [0.717, 1.165) is 5.69 Å². The number of nitrogen functional groups attached to an aromatic ring is 1. The quantitative estimate of drug-likeness (QED) is 0.791. The lowest BCUT2D eigenvalue weighted by Crippen LogP contribution is -2.04. The SMILES string of the molecule is Cc1c(N)nnn1Cc1nnc(-c2ccccc2Cl)o1. The van der Waals surface area contributed by atoms with Gasteiger partial charge in [0.2, 0.25) is 11.8 Å². The lowest BCUT2D eigenvalue weighted by molar-refractivity contribution is 0.465. The topological polar surface area (TPSA) is 95.7 Å². The Balaban J connectivity index is 1.88. The van der Waals surface area contributed by atoms with Gasteiger partial charge in [-0.15, -0.1) is 15.3 Å². The van der Waals surface area contributed by atoms with E-state index in [2.05, 4.69) is 20.5 Å². The molecule has 0 saturated heterocycles. The van der Waals surface area contributed by atoms with Crippen LogP contribution in [-0.4, -0.2) is 25.2 Å². The standard InChI is InChI=1S/C12H11ClN6O/c1-7-11(14)16-18-19(7)6-10-15-17-12(20-10)8-4-2-3-5-9(8)13/h2-5H,6,14H2,1H3. The Kier molecular flexibility index (Phi) is 3.11. The fraction of sp³-hybridized carbons (Fsp3) is 0.167. The number of anilines is 1. The van der Waals surface area contributed by atoms with Crippen LogP contribution >= 0.6 is 11.6 Å². The van der Waals surface area contributed by atoms with Crippen molar-refractivity contribution in [3.05, 3.63) is 40.9 Å². The lowest BCUT2D eigenvalue weighted by Gasteiger charge is -1.99. The van der Waals surface area contributed by atoms with Crippen LogP contribution in [0, 0.1) is 6.92 Å². The van der Waals surface area contributed by atoms with E-state index in [1.165, 1.54) is 0 Å². The van der Waals surface area contributed by atoms with Crippen LogP contribution in [0.15, 0.2) is 28.7 Å². The third-order valence-electron chi connectivity index (χ3n) is 2.87. The molecule has 0 saturated carbocycles. The summed E-state index contributed by atoms with van der Waals surface area (Å²) < 4.78 is 7.18. The van der Waals surface area contributed by atoms with Crippen molar-refractivity contribution in [1.29, 1.82) is 0 Å². The van der Waals surface area contributed by atoms with E-state index >= 15 is 0 Å². The first kappa shape index (κ1) is 12.6. The molecule has 0 amide bonds. The zero-order valence-corrected chi connectivity index (χ0v) is 11.4. The van der Waals surface area contributed by atoms with Crippen LogP contribution in [0.5, 0.6) is 0 Å². The predicted molar refractivity (Wildman–Crippen MR) is 73.0 cm³/mol. The summed E-state index contributed by atoms with van der Waals surface area (Å²) in [4.78, 5) is 0. The zero-order valence-electron chi connectivity index (χ0n) is 10.6. The minimum Gasteiger partial charge on any atom is -0.419 e. The molecule has 0 aliphatic rings. The minimum atomic E-state index is 0.313. The summed E-state index contributed by atoms with van der Waals surface area (Å²) in [6.45, 7) is 2.13. The molecule has 2 heterocycles. The lowest BCUT2D eigenvalue weighted by atomic mass is 10.2. The van der Waals surface area contributed by atoms with Gasteiger partial charge in [0.05, 0.1) is 16.3 Å². The molecule has 20 heavy (non-hydrogen) atoms. The fourth-order valence-corrected chi connectivity index (χ4v) is 1.93. The van der Waals surface area contributed by atoms with Gasteiger partial charge in [0.25, 0.3) is 0 Å². The maximum atomic E-state index is 6.08. The molecule has 0 radical (unpaired) electrons. The first-order chi connectivity index (χ1) is 9.65. The van der Waals surface area contributed by atoms with Gasteiger partial charge in [-0.2, -0.15) is 0 Å². The molecule has 0 unspecified atom stereocenters. The molecule has 0 spiro atoms. The minimum absolute atomic E-state index is 0.313. The van der Waals surface area contributed by atoms with E-state index in [9.17, 15) is 0 Å². The molecule has 7 nitrogen and oxygen atoms in total. The number of rotatable bonds is 3. The van der Waals surface area contributed by atoms with Gasteiger partial charge >= 0.3 is 0 Å². The predicted octanol–water partition coefficient (Wildman–Crippen LogP) is 1.92. The number of benzene rings is 1. The van der Waals surface area contributed by atoms with Crippen molar-refractivity contribution in [1.82, 2.24) is 25.2 Å². The van der Waals surface area contributed by atoms with Crippen molar-refractivity contribution in [2.45, 2.75) is 13.5 Å². The van der Waals surface area contributed by atoms with Crippen LogP contribution in [0.1, 0.15) is 11.6 Å². The molecular formula is C12H11ClN6O. The second-order valence-electron chi connectivity index (χ2n) is 4.20. The summed E-state index contributed by atoms with van der Waals surface area (Å²) in [6.07, 6.45) is 0. The van der Waals surface area contributed by atoms with E-state index in [0.29, 0.717) is 34.7 Å². The van der Waals surface area contributed by atoms with Gasteiger partial charge in [0.1, 0.15) is 6.54 Å². The third kappa shape index (κ3) is 2.23. The van der Waals surface area contributed by atoms with E-state index in [1.807, 2.05) is 25.1 Å². The van der Waals surface area contributed by atoms with Gasteiger partial charge in [-0.3, -0.25) is 0 Å². The van der Waals surface area contributed by atoms with Crippen molar-refractivity contribution in [3.63, 3.8) is 0 Å². The summed E-state index contributed by atoms with van der Waals surface area (Å²) in [5.41, 5.74) is 7.08. The Bertz CT molecular complexity index is 750.